The molecule has 0 aromatic heterocycles. The molecule has 5 nitrogen and oxygen atoms in total. The Morgan fingerprint density at radius 3 is 2.17 bits per heavy atom. The maximum Gasteiger partial charge on any atom is 0.494 e. The van der Waals surface area contributed by atoms with Crippen molar-refractivity contribution in [3.05, 3.63) is 53.6 Å². The molecule has 154 valence electrons. The van der Waals surface area contributed by atoms with E-state index in [9.17, 15) is 4.79 Å². The molecule has 1 heterocycles. The van der Waals surface area contributed by atoms with Gasteiger partial charge in [0.1, 0.15) is 5.75 Å². The minimum atomic E-state index is -0.537. The van der Waals surface area contributed by atoms with E-state index in [1.54, 1.807) is 24.9 Å². The summed E-state index contributed by atoms with van der Waals surface area (Å²) in [6.07, 6.45) is 0. The number of rotatable bonds is 6. The molecule has 1 saturated heterocycles. The molecule has 7 heteroatoms. The van der Waals surface area contributed by atoms with Crippen LogP contribution < -0.4 is 10.2 Å². The Bertz CT molecular complexity index is 863. The Morgan fingerprint density at radius 2 is 1.62 bits per heavy atom. The van der Waals surface area contributed by atoms with Gasteiger partial charge in [0.15, 0.2) is 0 Å². The van der Waals surface area contributed by atoms with E-state index in [1.807, 2.05) is 64.1 Å². The summed E-state index contributed by atoms with van der Waals surface area (Å²) in [6.45, 7) is 8.04. The maximum atomic E-state index is 12.2. The predicted molar refractivity (Wildman–Crippen MR) is 116 cm³/mol. The first-order valence-electron chi connectivity index (χ1n) is 9.50. The third-order valence-electron chi connectivity index (χ3n) is 5.44. The second kappa shape index (κ2) is 8.42. The van der Waals surface area contributed by atoms with Crippen LogP contribution in [0.2, 0.25) is 0 Å². The van der Waals surface area contributed by atoms with Crippen molar-refractivity contribution in [3.63, 3.8) is 0 Å². The first kappa shape index (κ1) is 21.7. The zero-order valence-electron chi connectivity index (χ0n) is 17.8. The molecule has 2 aromatic carbocycles. The molecule has 1 aliphatic rings. The predicted octanol–water partition coefficient (Wildman–Crippen LogP) is 4.07. The molecular weight excluding hydrogens is 387 g/mol. The van der Waals surface area contributed by atoms with Crippen LogP contribution in [0.4, 0.5) is 0 Å². The first-order valence-corrected chi connectivity index (χ1v) is 10.5. The van der Waals surface area contributed by atoms with E-state index in [2.05, 4.69) is 0 Å². The van der Waals surface area contributed by atoms with Crippen LogP contribution in [-0.4, -0.2) is 38.5 Å². The lowest BCUT2D eigenvalue weighted by molar-refractivity contribution is 0.00578. The van der Waals surface area contributed by atoms with Gasteiger partial charge in [0.25, 0.3) is 0 Å². The molecule has 0 spiro atoms. The number of methoxy groups -OCH3 is 2. The van der Waals surface area contributed by atoms with Crippen molar-refractivity contribution in [2.45, 2.75) is 49.5 Å². The fourth-order valence-corrected chi connectivity index (χ4v) is 3.90. The van der Waals surface area contributed by atoms with E-state index in [4.69, 9.17) is 18.8 Å². The summed E-state index contributed by atoms with van der Waals surface area (Å²) in [5.41, 5.74) is 1.56. The lowest BCUT2D eigenvalue weighted by atomic mass is 9.78. The molecule has 0 atom stereocenters. The van der Waals surface area contributed by atoms with Crippen molar-refractivity contribution < 1.29 is 23.6 Å². The highest BCUT2D eigenvalue weighted by Crippen LogP contribution is 2.37. The summed E-state index contributed by atoms with van der Waals surface area (Å²) in [5.74, 6) is 1.21. The number of ether oxygens (including phenoxy) is 2. The molecule has 0 N–H and O–H groups in total. The van der Waals surface area contributed by atoms with E-state index in [-0.39, 0.29) is 5.97 Å². The Kier molecular flexibility index (Phi) is 6.31. The molecule has 1 fully saturated rings. The maximum absolute atomic E-state index is 12.2. The standard InChI is InChI=1S/C22H27BO5S/c1-21(2)22(3,4)28-23(27-21)17-11-16(20(24)26-6)12-19(13-17)29-14-15-7-9-18(25-5)10-8-15/h7-13H,14H2,1-6H3. The van der Waals surface area contributed by atoms with Gasteiger partial charge >= 0.3 is 13.1 Å². The SMILES string of the molecule is COC(=O)c1cc(SCc2ccc(OC)cc2)cc(B2OC(C)(C)C(C)(C)O2)c1. The van der Waals surface area contributed by atoms with Crippen molar-refractivity contribution in [2.75, 3.05) is 14.2 Å². The monoisotopic (exact) mass is 414 g/mol. The van der Waals surface area contributed by atoms with Crippen molar-refractivity contribution >= 4 is 30.3 Å². The minimum Gasteiger partial charge on any atom is -0.497 e. The van der Waals surface area contributed by atoms with Crippen molar-refractivity contribution in [2.24, 2.45) is 0 Å². The molecule has 0 radical (unpaired) electrons. The van der Waals surface area contributed by atoms with Crippen LogP contribution in [0, 0.1) is 0 Å². The van der Waals surface area contributed by atoms with Crippen molar-refractivity contribution in [3.8, 4) is 5.75 Å². The summed E-state index contributed by atoms with van der Waals surface area (Å²) >= 11 is 1.64. The number of benzene rings is 2. The smallest absolute Gasteiger partial charge is 0.494 e. The Hall–Kier alpha value is -1.96. The number of esters is 1. The number of carbonyl (C=O) groups is 1. The van der Waals surface area contributed by atoms with Gasteiger partial charge in [-0.15, -0.1) is 11.8 Å². The summed E-state index contributed by atoms with van der Waals surface area (Å²) in [4.78, 5) is 13.2. The summed E-state index contributed by atoms with van der Waals surface area (Å²) < 4.78 is 22.5. The third kappa shape index (κ3) is 4.79. The molecule has 0 saturated carbocycles. The van der Waals surface area contributed by atoms with Gasteiger partial charge in [0.2, 0.25) is 0 Å². The molecule has 0 aliphatic carbocycles. The normalized spacial score (nSPS) is 17.2. The van der Waals surface area contributed by atoms with Crippen LogP contribution >= 0.6 is 11.8 Å². The molecule has 0 amide bonds. The highest BCUT2D eigenvalue weighted by atomic mass is 32.2. The van der Waals surface area contributed by atoms with Crippen LogP contribution in [0.3, 0.4) is 0 Å². The van der Waals surface area contributed by atoms with E-state index < -0.39 is 18.3 Å². The average Bonchev–Trinajstić information content (AvgIpc) is 2.93. The second-order valence-corrected chi connectivity index (χ2v) is 9.06. The van der Waals surface area contributed by atoms with Gasteiger partial charge in [-0.05, 0) is 69.1 Å². The summed E-state index contributed by atoms with van der Waals surface area (Å²) in [5, 5.41) is 0. The molecule has 2 aromatic rings. The van der Waals surface area contributed by atoms with Gasteiger partial charge in [0.05, 0.1) is 31.0 Å². The zero-order chi connectivity index (χ0) is 21.2. The highest BCUT2D eigenvalue weighted by Gasteiger charge is 2.51. The number of thioether (sulfide) groups is 1. The zero-order valence-corrected chi connectivity index (χ0v) is 18.6. The van der Waals surface area contributed by atoms with E-state index in [0.29, 0.717) is 5.56 Å². The molecule has 1 aliphatic heterocycles. The van der Waals surface area contributed by atoms with Gasteiger partial charge in [-0.1, -0.05) is 12.1 Å². The molecule has 29 heavy (non-hydrogen) atoms. The highest BCUT2D eigenvalue weighted by molar-refractivity contribution is 7.98. The second-order valence-electron chi connectivity index (χ2n) is 8.01. The largest absolute Gasteiger partial charge is 0.497 e. The Labute approximate surface area is 177 Å². The summed E-state index contributed by atoms with van der Waals surface area (Å²) in [6, 6.07) is 13.6. The fraction of sp³-hybridized carbons (Fsp3) is 0.409. The molecule has 3 rings (SSSR count). The molecule has 0 bridgehead atoms. The first-order chi connectivity index (χ1) is 13.6. The van der Waals surface area contributed by atoms with E-state index in [1.165, 1.54) is 7.11 Å². The van der Waals surface area contributed by atoms with Gasteiger partial charge in [-0.3, -0.25) is 0 Å². The fourth-order valence-electron chi connectivity index (χ4n) is 2.94. The number of hydrogen-bond donors (Lipinski definition) is 0. The Balaban J connectivity index is 1.85. The van der Waals surface area contributed by atoms with Gasteiger partial charge in [-0.2, -0.15) is 0 Å². The van der Waals surface area contributed by atoms with Crippen LogP contribution in [0.25, 0.3) is 0 Å². The third-order valence-corrected chi connectivity index (χ3v) is 6.49. The van der Waals surface area contributed by atoms with Gasteiger partial charge in [0, 0.05) is 10.6 Å². The van der Waals surface area contributed by atoms with Gasteiger partial charge < -0.3 is 18.8 Å². The summed E-state index contributed by atoms with van der Waals surface area (Å²) in [7, 11) is 2.50. The molecular formula is C22H27BO5S. The van der Waals surface area contributed by atoms with E-state index in [0.717, 1.165) is 27.4 Å². The minimum absolute atomic E-state index is 0.380. The van der Waals surface area contributed by atoms with Crippen LogP contribution in [0.15, 0.2) is 47.4 Å². The van der Waals surface area contributed by atoms with Gasteiger partial charge in [-0.25, -0.2) is 4.79 Å². The number of carbonyl (C=O) groups excluding carboxylic acids is 1. The van der Waals surface area contributed by atoms with Crippen LogP contribution in [-0.2, 0) is 19.8 Å². The van der Waals surface area contributed by atoms with Crippen LogP contribution in [0.5, 0.6) is 5.75 Å². The van der Waals surface area contributed by atoms with Crippen LogP contribution in [0.1, 0.15) is 43.6 Å². The Morgan fingerprint density at radius 1 is 1.00 bits per heavy atom. The lowest BCUT2D eigenvalue weighted by Crippen LogP contribution is -2.41. The average molecular weight is 414 g/mol. The topological polar surface area (TPSA) is 54.0 Å². The van der Waals surface area contributed by atoms with Crippen molar-refractivity contribution in [1.82, 2.24) is 0 Å². The molecule has 0 unspecified atom stereocenters. The lowest BCUT2D eigenvalue weighted by Gasteiger charge is -2.32. The van der Waals surface area contributed by atoms with Crippen molar-refractivity contribution in [1.29, 1.82) is 0 Å². The number of hydrogen-bond acceptors (Lipinski definition) is 6. The van der Waals surface area contributed by atoms with E-state index >= 15 is 0 Å². The quantitative estimate of drug-likeness (QED) is 0.404.